The Morgan fingerprint density at radius 2 is 1.96 bits per heavy atom. The number of ether oxygens (including phenoxy) is 1. The molecule has 0 radical (unpaired) electrons. The van der Waals surface area contributed by atoms with E-state index in [0.717, 1.165) is 0 Å². The zero-order chi connectivity index (χ0) is 19.6. The molecule has 2 amide bonds. The Kier molecular flexibility index (Phi) is 6.15. The molecule has 140 valence electrons. The Morgan fingerprint density at radius 3 is 2.54 bits per heavy atom. The van der Waals surface area contributed by atoms with Gasteiger partial charge in [0.1, 0.15) is 5.75 Å². The van der Waals surface area contributed by atoms with E-state index in [-0.39, 0.29) is 11.6 Å². The minimum absolute atomic E-state index is 0.167. The molecule has 2 rings (SSSR count). The van der Waals surface area contributed by atoms with E-state index in [9.17, 15) is 9.59 Å². The summed E-state index contributed by atoms with van der Waals surface area (Å²) >= 11 is 11.9. The van der Waals surface area contributed by atoms with Crippen molar-refractivity contribution in [1.29, 1.82) is 0 Å². The molecule has 0 aliphatic rings. The standard InChI is InChI=1S/C17H20Cl2N4O3/c1-9-14(15(21-23(9)5)17(25)22(3)4)20-16(24)10(2)26-13-7-6-11(18)8-12(13)19/h6-8,10H,1-5H3,(H,20,24). The number of nitrogens with zero attached hydrogens (tertiary/aromatic N) is 3. The summed E-state index contributed by atoms with van der Waals surface area (Å²) in [5.74, 6) is -0.399. The highest BCUT2D eigenvalue weighted by molar-refractivity contribution is 6.35. The number of anilines is 1. The highest BCUT2D eigenvalue weighted by Gasteiger charge is 2.25. The van der Waals surface area contributed by atoms with Gasteiger partial charge >= 0.3 is 0 Å². The van der Waals surface area contributed by atoms with Crippen LogP contribution in [0.3, 0.4) is 0 Å². The quantitative estimate of drug-likeness (QED) is 0.838. The Labute approximate surface area is 161 Å². The lowest BCUT2D eigenvalue weighted by atomic mass is 10.2. The first kappa shape index (κ1) is 20.1. The predicted molar refractivity (Wildman–Crippen MR) is 101 cm³/mol. The van der Waals surface area contributed by atoms with E-state index in [1.54, 1.807) is 47.1 Å². The van der Waals surface area contributed by atoms with Gasteiger partial charge in [-0.2, -0.15) is 5.10 Å². The molecular weight excluding hydrogens is 379 g/mol. The molecule has 1 unspecified atom stereocenters. The summed E-state index contributed by atoms with van der Waals surface area (Å²) in [6, 6.07) is 4.74. The molecule has 1 N–H and O–H groups in total. The first-order valence-corrected chi connectivity index (χ1v) is 8.55. The fourth-order valence-corrected chi connectivity index (χ4v) is 2.61. The van der Waals surface area contributed by atoms with Crippen molar-refractivity contribution in [1.82, 2.24) is 14.7 Å². The van der Waals surface area contributed by atoms with Crippen LogP contribution in [0.15, 0.2) is 18.2 Å². The SMILES string of the molecule is Cc1c(NC(=O)C(C)Oc2ccc(Cl)cc2Cl)c(C(=O)N(C)C)nn1C. The second-order valence-corrected chi connectivity index (χ2v) is 6.80. The molecule has 1 heterocycles. The van der Waals surface area contributed by atoms with Crippen LogP contribution in [0.1, 0.15) is 23.1 Å². The van der Waals surface area contributed by atoms with Crippen molar-refractivity contribution in [3.8, 4) is 5.75 Å². The van der Waals surface area contributed by atoms with Gasteiger partial charge in [0.05, 0.1) is 16.4 Å². The predicted octanol–water partition coefficient (Wildman–Crippen LogP) is 3.14. The number of amides is 2. The largest absolute Gasteiger partial charge is 0.479 e. The van der Waals surface area contributed by atoms with Gasteiger partial charge in [-0.15, -0.1) is 0 Å². The molecule has 2 aromatic rings. The molecule has 1 aromatic heterocycles. The van der Waals surface area contributed by atoms with Gasteiger partial charge in [-0.05, 0) is 32.0 Å². The average Bonchev–Trinajstić information content (AvgIpc) is 2.84. The summed E-state index contributed by atoms with van der Waals surface area (Å²) in [5, 5.41) is 7.68. The summed E-state index contributed by atoms with van der Waals surface area (Å²) in [7, 11) is 4.93. The number of hydrogen-bond donors (Lipinski definition) is 1. The lowest BCUT2D eigenvalue weighted by Crippen LogP contribution is -2.31. The van der Waals surface area contributed by atoms with Crippen molar-refractivity contribution >= 4 is 40.7 Å². The van der Waals surface area contributed by atoms with Crippen LogP contribution < -0.4 is 10.1 Å². The molecule has 0 saturated heterocycles. The van der Waals surface area contributed by atoms with Crippen LogP contribution in [-0.4, -0.2) is 46.7 Å². The van der Waals surface area contributed by atoms with E-state index in [4.69, 9.17) is 27.9 Å². The molecule has 0 saturated carbocycles. The molecule has 9 heteroatoms. The van der Waals surface area contributed by atoms with E-state index in [1.165, 1.54) is 15.6 Å². The number of rotatable bonds is 5. The molecule has 0 bridgehead atoms. The summed E-state index contributed by atoms with van der Waals surface area (Å²) in [5.41, 5.74) is 1.18. The van der Waals surface area contributed by atoms with Crippen LogP contribution in [0.4, 0.5) is 5.69 Å². The number of carbonyl (C=O) groups is 2. The number of nitrogens with one attached hydrogen (secondary N) is 1. The number of benzene rings is 1. The van der Waals surface area contributed by atoms with E-state index >= 15 is 0 Å². The maximum atomic E-state index is 12.5. The smallest absolute Gasteiger partial charge is 0.276 e. The lowest BCUT2D eigenvalue weighted by Gasteiger charge is -2.16. The Balaban J connectivity index is 2.20. The van der Waals surface area contributed by atoms with Crippen molar-refractivity contribution in [2.24, 2.45) is 7.05 Å². The second-order valence-electron chi connectivity index (χ2n) is 5.96. The highest BCUT2D eigenvalue weighted by Crippen LogP contribution is 2.28. The summed E-state index contributed by atoms with van der Waals surface area (Å²) in [6.45, 7) is 3.34. The lowest BCUT2D eigenvalue weighted by molar-refractivity contribution is -0.122. The first-order valence-electron chi connectivity index (χ1n) is 7.79. The maximum Gasteiger partial charge on any atom is 0.276 e. The van der Waals surface area contributed by atoms with Crippen molar-refractivity contribution in [2.75, 3.05) is 19.4 Å². The topological polar surface area (TPSA) is 76.5 Å². The molecule has 0 fully saturated rings. The minimum Gasteiger partial charge on any atom is -0.479 e. The number of hydrogen-bond acceptors (Lipinski definition) is 4. The first-order chi connectivity index (χ1) is 12.1. The summed E-state index contributed by atoms with van der Waals surface area (Å²) < 4.78 is 7.14. The molecule has 0 aliphatic carbocycles. The fraction of sp³-hybridized carbons (Fsp3) is 0.353. The van der Waals surface area contributed by atoms with Crippen molar-refractivity contribution in [3.63, 3.8) is 0 Å². The van der Waals surface area contributed by atoms with Crippen LogP contribution >= 0.6 is 23.2 Å². The van der Waals surface area contributed by atoms with Gasteiger partial charge in [0.2, 0.25) is 0 Å². The molecule has 26 heavy (non-hydrogen) atoms. The fourth-order valence-electron chi connectivity index (χ4n) is 2.16. The van der Waals surface area contributed by atoms with Crippen molar-refractivity contribution in [3.05, 3.63) is 39.6 Å². The number of carbonyl (C=O) groups excluding carboxylic acids is 2. The van der Waals surface area contributed by atoms with Gasteiger partial charge in [0.15, 0.2) is 11.8 Å². The third-order valence-electron chi connectivity index (χ3n) is 3.76. The molecular formula is C17H20Cl2N4O3. The van der Waals surface area contributed by atoms with Gasteiger partial charge < -0.3 is 15.0 Å². The van der Waals surface area contributed by atoms with Crippen LogP contribution in [0, 0.1) is 6.92 Å². The third kappa shape index (κ3) is 4.28. The Hall–Kier alpha value is -2.25. The third-order valence-corrected chi connectivity index (χ3v) is 4.29. The van der Waals surface area contributed by atoms with Crippen molar-refractivity contribution < 1.29 is 14.3 Å². The number of halogens is 2. The Bertz CT molecular complexity index is 849. The van der Waals surface area contributed by atoms with Crippen LogP contribution in [-0.2, 0) is 11.8 Å². The summed E-state index contributed by atoms with van der Waals surface area (Å²) in [6.07, 6.45) is -0.851. The normalized spacial score (nSPS) is 11.8. The second kappa shape index (κ2) is 7.97. The molecule has 0 aliphatic heterocycles. The van der Waals surface area contributed by atoms with Crippen LogP contribution in [0.2, 0.25) is 10.0 Å². The monoisotopic (exact) mass is 398 g/mol. The number of aromatic nitrogens is 2. The zero-order valence-corrected chi connectivity index (χ0v) is 16.6. The minimum atomic E-state index is -0.851. The zero-order valence-electron chi connectivity index (χ0n) is 15.1. The highest BCUT2D eigenvalue weighted by atomic mass is 35.5. The van der Waals surface area contributed by atoms with Gasteiger partial charge in [-0.1, -0.05) is 23.2 Å². The number of aryl methyl sites for hydroxylation is 1. The Morgan fingerprint density at radius 1 is 1.31 bits per heavy atom. The average molecular weight is 399 g/mol. The van der Waals surface area contributed by atoms with E-state index in [2.05, 4.69) is 10.4 Å². The van der Waals surface area contributed by atoms with Crippen LogP contribution in [0.5, 0.6) is 5.75 Å². The molecule has 7 nitrogen and oxygen atoms in total. The van der Waals surface area contributed by atoms with Gasteiger partial charge in [0, 0.05) is 26.2 Å². The van der Waals surface area contributed by atoms with E-state index in [1.807, 2.05) is 0 Å². The maximum absolute atomic E-state index is 12.5. The molecule has 1 aromatic carbocycles. The van der Waals surface area contributed by atoms with Gasteiger partial charge in [0.25, 0.3) is 11.8 Å². The summed E-state index contributed by atoms with van der Waals surface area (Å²) in [4.78, 5) is 26.2. The van der Waals surface area contributed by atoms with E-state index < -0.39 is 12.0 Å². The van der Waals surface area contributed by atoms with Gasteiger partial charge in [-0.25, -0.2) is 0 Å². The molecule has 1 atom stereocenters. The van der Waals surface area contributed by atoms with Gasteiger partial charge in [-0.3, -0.25) is 14.3 Å². The van der Waals surface area contributed by atoms with Crippen LogP contribution in [0.25, 0.3) is 0 Å². The molecule has 0 spiro atoms. The van der Waals surface area contributed by atoms with Crippen molar-refractivity contribution in [2.45, 2.75) is 20.0 Å². The van der Waals surface area contributed by atoms with E-state index in [0.29, 0.717) is 27.2 Å².